The number of thioether (sulfide) groups is 1. The van der Waals surface area contributed by atoms with Crippen molar-refractivity contribution in [3.63, 3.8) is 0 Å². The summed E-state index contributed by atoms with van der Waals surface area (Å²) in [6.45, 7) is 2.61. The zero-order valence-electron chi connectivity index (χ0n) is 10.2. The number of nitrogens with zero attached hydrogens (tertiary/aromatic N) is 3. The molecule has 0 saturated carbocycles. The standard InChI is InChI=1S/C10H14F3N5S/c1-6-5-19-3-2-18(6)8-4-7(10(11,12)13)15-9(16-8)17-14/h4,6H,2-3,5,14H2,1H3,(H,15,16,17). The van der Waals surface area contributed by atoms with E-state index < -0.39 is 11.9 Å². The third-order valence-corrected chi connectivity index (χ3v) is 3.98. The lowest BCUT2D eigenvalue weighted by Crippen LogP contribution is -2.41. The van der Waals surface area contributed by atoms with Crippen LogP contribution in [0.4, 0.5) is 24.9 Å². The van der Waals surface area contributed by atoms with Crippen molar-refractivity contribution in [1.29, 1.82) is 0 Å². The first-order valence-corrected chi connectivity index (χ1v) is 6.84. The summed E-state index contributed by atoms with van der Waals surface area (Å²) in [5.74, 6) is 6.88. The Hall–Kier alpha value is -1.22. The summed E-state index contributed by atoms with van der Waals surface area (Å²) in [5, 5.41) is 0. The largest absolute Gasteiger partial charge is 0.433 e. The number of nitrogen functional groups attached to an aromatic ring is 1. The van der Waals surface area contributed by atoms with Gasteiger partial charge in [0.25, 0.3) is 0 Å². The van der Waals surface area contributed by atoms with Crippen molar-refractivity contribution >= 4 is 23.5 Å². The molecule has 9 heteroatoms. The van der Waals surface area contributed by atoms with Crippen molar-refractivity contribution in [2.45, 2.75) is 19.1 Å². The average Bonchev–Trinajstić information content (AvgIpc) is 2.37. The van der Waals surface area contributed by atoms with Crippen LogP contribution in [-0.2, 0) is 6.18 Å². The van der Waals surface area contributed by atoms with E-state index in [2.05, 4.69) is 15.4 Å². The number of hydrogen-bond donors (Lipinski definition) is 2. The normalized spacial score (nSPS) is 20.5. The van der Waals surface area contributed by atoms with Gasteiger partial charge in [-0.05, 0) is 6.92 Å². The monoisotopic (exact) mass is 293 g/mol. The van der Waals surface area contributed by atoms with Crippen LogP contribution in [0.15, 0.2) is 6.07 Å². The Labute approximate surface area is 112 Å². The van der Waals surface area contributed by atoms with Crippen molar-refractivity contribution in [2.24, 2.45) is 5.84 Å². The molecule has 1 fully saturated rings. The average molecular weight is 293 g/mol. The molecule has 1 saturated heterocycles. The van der Waals surface area contributed by atoms with Crippen LogP contribution in [-0.4, -0.2) is 34.1 Å². The van der Waals surface area contributed by atoms with Gasteiger partial charge in [-0.25, -0.2) is 10.8 Å². The van der Waals surface area contributed by atoms with E-state index in [4.69, 9.17) is 5.84 Å². The van der Waals surface area contributed by atoms with E-state index in [0.717, 1.165) is 17.6 Å². The molecule has 0 spiro atoms. The Bertz CT molecular complexity index is 453. The van der Waals surface area contributed by atoms with Crippen molar-refractivity contribution in [3.05, 3.63) is 11.8 Å². The number of rotatable bonds is 2. The minimum Gasteiger partial charge on any atom is -0.352 e. The first-order chi connectivity index (χ1) is 8.91. The van der Waals surface area contributed by atoms with Crippen molar-refractivity contribution in [2.75, 3.05) is 28.4 Å². The summed E-state index contributed by atoms with van der Waals surface area (Å²) in [5.41, 5.74) is 1.09. The highest BCUT2D eigenvalue weighted by Gasteiger charge is 2.34. The van der Waals surface area contributed by atoms with Crippen LogP contribution in [0.2, 0.25) is 0 Å². The highest BCUT2D eigenvalue weighted by Crippen LogP contribution is 2.31. The van der Waals surface area contributed by atoms with Crippen LogP contribution in [0.5, 0.6) is 0 Å². The zero-order chi connectivity index (χ0) is 14.0. The Balaban J connectivity index is 2.39. The molecule has 1 aromatic heterocycles. The molecule has 1 aliphatic rings. The highest BCUT2D eigenvalue weighted by atomic mass is 32.2. The molecule has 2 heterocycles. The van der Waals surface area contributed by atoms with Crippen LogP contribution in [0, 0.1) is 0 Å². The summed E-state index contributed by atoms with van der Waals surface area (Å²) in [6.07, 6.45) is -4.52. The second-order valence-electron chi connectivity index (χ2n) is 4.19. The van der Waals surface area contributed by atoms with E-state index in [1.54, 1.807) is 11.8 Å². The third-order valence-electron chi connectivity index (χ3n) is 2.79. The SMILES string of the molecule is CC1CSCCN1c1cc(C(F)(F)F)nc(NN)n1. The van der Waals surface area contributed by atoms with Gasteiger partial charge in [0.2, 0.25) is 5.95 Å². The number of hydrogen-bond acceptors (Lipinski definition) is 6. The minimum absolute atomic E-state index is 0.125. The Kier molecular flexibility index (Phi) is 4.04. The fraction of sp³-hybridized carbons (Fsp3) is 0.600. The van der Waals surface area contributed by atoms with Gasteiger partial charge in [0.15, 0.2) is 5.69 Å². The van der Waals surface area contributed by atoms with Gasteiger partial charge in [-0.15, -0.1) is 0 Å². The highest BCUT2D eigenvalue weighted by molar-refractivity contribution is 7.99. The second-order valence-corrected chi connectivity index (χ2v) is 5.34. The number of halogens is 3. The van der Waals surface area contributed by atoms with Crippen LogP contribution < -0.4 is 16.2 Å². The summed E-state index contributed by atoms with van der Waals surface area (Å²) in [7, 11) is 0. The molecule has 1 aliphatic heterocycles. The van der Waals surface area contributed by atoms with Gasteiger partial charge in [0.1, 0.15) is 5.82 Å². The van der Waals surface area contributed by atoms with E-state index in [-0.39, 0.29) is 17.8 Å². The maximum absolute atomic E-state index is 12.8. The molecule has 106 valence electrons. The smallest absolute Gasteiger partial charge is 0.352 e. The van der Waals surface area contributed by atoms with Gasteiger partial charge in [-0.1, -0.05) is 0 Å². The lowest BCUT2D eigenvalue weighted by Gasteiger charge is -2.34. The predicted molar refractivity (Wildman–Crippen MR) is 69.0 cm³/mol. The third kappa shape index (κ3) is 3.21. The molecule has 1 atom stereocenters. The van der Waals surface area contributed by atoms with E-state index >= 15 is 0 Å². The van der Waals surface area contributed by atoms with Gasteiger partial charge < -0.3 is 4.90 Å². The Morgan fingerprint density at radius 3 is 2.79 bits per heavy atom. The van der Waals surface area contributed by atoms with E-state index in [0.29, 0.717) is 6.54 Å². The zero-order valence-corrected chi connectivity index (χ0v) is 11.1. The minimum atomic E-state index is -4.52. The van der Waals surface area contributed by atoms with E-state index in [1.807, 2.05) is 11.8 Å². The molecule has 0 amide bonds. The summed E-state index contributed by atoms with van der Waals surface area (Å²) < 4.78 is 38.3. The molecular weight excluding hydrogens is 279 g/mol. The first kappa shape index (κ1) is 14.2. The molecule has 2 rings (SSSR count). The van der Waals surface area contributed by atoms with Gasteiger partial charge in [-0.2, -0.15) is 29.9 Å². The van der Waals surface area contributed by atoms with Crippen LogP contribution in [0.3, 0.4) is 0 Å². The Morgan fingerprint density at radius 2 is 2.21 bits per heavy atom. The van der Waals surface area contributed by atoms with Gasteiger partial charge in [-0.3, -0.25) is 5.43 Å². The van der Waals surface area contributed by atoms with Gasteiger partial charge in [0.05, 0.1) is 0 Å². The van der Waals surface area contributed by atoms with E-state index in [1.165, 1.54) is 0 Å². The number of hydrazine groups is 1. The molecule has 0 aliphatic carbocycles. The number of nitrogens with one attached hydrogen (secondary N) is 1. The topological polar surface area (TPSA) is 67.1 Å². The molecule has 5 nitrogen and oxygen atoms in total. The number of aromatic nitrogens is 2. The second kappa shape index (κ2) is 5.41. The molecule has 0 aromatic carbocycles. The number of nitrogens with two attached hydrogens (primary N) is 1. The molecule has 1 aromatic rings. The molecule has 3 N–H and O–H groups in total. The number of anilines is 2. The maximum atomic E-state index is 12.8. The molecule has 0 bridgehead atoms. The fourth-order valence-corrected chi connectivity index (χ4v) is 2.87. The number of alkyl halides is 3. The van der Waals surface area contributed by atoms with Crippen molar-refractivity contribution in [1.82, 2.24) is 9.97 Å². The summed E-state index contributed by atoms with van der Waals surface area (Å²) >= 11 is 1.77. The van der Waals surface area contributed by atoms with Crippen LogP contribution in [0.1, 0.15) is 12.6 Å². The Morgan fingerprint density at radius 1 is 1.47 bits per heavy atom. The first-order valence-electron chi connectivity index (χ1n) is 5.69. The molecule has 1 unspecified atom stereocenters. The molecular formula is C10H14F3N5S. The van der Waals surface area contributed by atoms with Gasteiger partial charge >= 0.3 is 6.18 Å². The van der Waals surface area contributed by atoms with E-state index in [9.17, 15) is 13.2 Å². The van der Waals surface area contributed by atoms with Crippen LogP contribution >= 0.6 is 11.8 Å². The van der Waals surface area contributed by atoms with Gasteiger partial charge in [0, 0.05) is 30.2 Å². The lowest BCUT2D eigenvalue weighted by atomic mass is 10.3. The summed E-state index contributed by atoms with van der Waals surface area (Å²) in [4.78, 5) is 9.19. The lowest BCUT2D eigenvalue weighted by molar-refractivity contribution is -0.141. The summed E-state index contributed by atoms with van der Waals surface area (Å²) in [6, 6.07) is 1.09. The van der Waals surface area contributed by atoms with Crippen molar-refractivity contribution in [3.8, 4) is 0 Å². The van der Waals surface area contributed by atoms with Crippen LogP contribution in [0.25, 0.3) is 0 Å². The fourth-order valence-electron chi connectivity index (χ4n) is 1.86. The maximum Gasteiger partial charge on any atom is 0.433 e. The van der Waals surface area contributed by atoms with Crippen molar-refractivity contribution < 1.29 is 13.2 Å². The molecule has 0 radical (unpaired) electrons. The quantitative estimate of drug-likeness (QED) is 0.639. The molecule has 19 heavy (non-hydrogen) atoms. The predicted octanol–water partition coefficient (Wildman–Crippen LogP) is 1.72.